The van der Waals surface area contributed by atoms with Crippen molar-refractivity contribution in [2.45, 2.75) is 24.8 Å². The number of aromatic nitrogens is 3. The standard InChI is InChI=1S/C21H20N4O3S/c1-12-8-9-15-14(10-18(26)28-19(15)13(12)2)11-29-21-24-23-20(25(21)22)16-6-4-5-7-17(16)27-3/h4-10H,11,22H2,1-3H3. The zero-order valence-electron chi connectivity index (χ0n) is 16.3. The molecule has 0 aliphatic rings. The van der Waals surface area contributed by atoms with E-state index in [0.29, 0.717) is 28.1 Å². The Balaban J connectivity index is 1.67. The number of hydrogen-bond acceptors (Lipinski definition) is 7. The molecular weight excluding hydrogens is 388 g/mol. The van der Waals surface area contributed by atoms with E-state index in [1.165, 1.54) is 22.5 Å². The highest BCUT2D eigenvalue weighted by atomic mass is 32.2. The van der Waals surface area contributed by atoms with E-state index in [9.17, 15) is 4.79 Å². The summed E-state index contributed by atoms with van der Waals surface area (Å²) >= 11 is 1.41. The second kappa shape index (κ2) is 7.63. The first kappa shape index (κ1) is 19.1. The van der Waals surface area contributed by atoms with E-state index in [0.717, 1.165) is 27.6 Å². The van der Waals surface area contributed by atoms with Crippen LogP contribution in [0.1, 0.15) is 16.7 Å². The highest BCUT2D eigenvalue weighted by molar-refractivity contribution is 7.98. The molecule has 0 fully saturated rings. The molecule has 0 amide bonds. The summed E-state index contributed by atoms with van der Waals surface area (Å²) in [6.45, 7) is 3.94. The van der Waals surface area contributed by atoms with Gasteiger partial charge in [-0.3, -0.25) is 0 Å². The van der Waals surface area contributed by atoms with Crippen molar-refractivity contribution in [2.75, 3.05) is 13.0 Å². The molecule has 29 heavy (non-hydrogen) atoms. The largest absolute Gasteiger partial charge is 0.496 e. The van der Waals surface area contributed by atoms with Crippen molar-refractivity contribution in [2.24, 2.45) is 0 Å². The zero-order chi connectivity index (χ0) is 20.5. The third-order valence-electron chi connectivity index (χ3n) is 4.89. The van der Waals surface area contributed by atoms with Crippen LogP contribution in [0, 0.1) is 13.8 Å². The van der Waals surface area contributed by atoms with Gasteiger partial charge in [-0.1, -0.05) is 36.0 Å². The van der Waals surface area contributed by atoms with Crippen LogP contribution in [-0.2, 0) is 5.75 Å². The minimum Gasteiger partial charge on any atom is -0.496 e. The Morgan fingerprint density at radius 2 is 1.97 bits per heavy atom. The summed E-state index contributed by atoms with van der Waals surface area (Å²) in [6, 6.07) is 13.0. The molecule has 148 valence electrons. The summed E-state index contributed by atoms with van der Waals surface area (Å²) in [4.78, 5) is 12.1. The van der Waals surface area contributed by atoms with Crippen LogP contribution in [-0.4, -0.2) is 22.0 Å². The van der Waals surface area contributed by atoms with Gasteiger partial charge in [0.05, 0.1) is 12.7 Å². The van der Waals surface area contributed by atoms with Gasteiger partial charge in [-0.25, -0.2) is 9.47 Å². The van der Waals surface area contributed by atoms with Gasteiger partial charge in [0.25, 0.3) is 0 Å². The Morgan fingerprint density at radius 3 is 2.76 bits per heavy atom. The summed E-state index contributed by atoms with van der Waals surface area (Å²) in [5.74, 6) is 7.93. The molecule has 0 aliphatic carbocycles. The lowest BCUT2D eigenvalue weighted by atomic mass is 10.0. The Morgan fingerprint density at radius 1 is 1.17 bits per heavy atom. The fourth-order valence-electron chi connectivity index (χ4n) is 3.17. The lowest BCUT2D eigenvalue weighted by Crippen LogP contribution is -2.12. The lowest BCUT2D eigenvalue weighted by Gasteiger charge is -2.09. The van der Waals surface area contributed by atoms with Gasteiger partial charge in [-0.2, -0.15) is 0 Å². The molecular formula is C21H20N4O3S. The SMILES string of the molecule is COc1ccccc1-c1nnc(SCc2cc(=O)oc3c(C)c(C)ccc23)n1N. The van der Waals surface area contributed by atoms with E-state index in [1.54, 1.807) is 7.11 Å². The second-order valence-electron chi connectivity index (χ2n) is 6.64. The average molecular weight is 408 g/mol. The zero-order valence-corrected chi connectivity index (χ0v) is 17.1. The van der Waals surface area contributed by atoms with Crippen LogP contribution >= 0.6 is 11.8 Å². The Labute approximate surface area is 171 Å². The molecule has 2 aromatic heterocycles. The van der Waals surface area contributed by atoms with Crippen molar-refractivity contribution in [3.63, 3.8) is 0 Å². The topological polar surface area (TPSA) is 96.2 Å². The molecule has 2 N–H and O–H groups in total. The van der Waals surface area contributed by atoms with Gasteiger partial charge in [0.1, 0.15) is 11.3 Å². The van der Waals surface area contributed by atoms with Gasteiger partial charge in [0.2, 0.25) is 5.16 Å². The number of rotatable bonds is 5. The van der Waals surface area contributed by atoms with E-state index in [1.807, 2.05) is 50.2 Å². The lowest BCUT2D eigenvalue weighted by molar-refractivity contribution is 0.416. The Hall–Kier alpha value is -3.26. The highest BCUT2D eigenvalue weighted by Gasteiger charge is 2.17. The number of ether oxygens (including phenoxy) is 1. The fourth-order valence-corrected chi connectivity index (χ4v) is 4.02. The van der Waals surface area contributed by atoms with Gasteiger partial charge in [-0.15, -0.1) is 10.2 Å². The van der Waals surface area contributed by atoms with E-state index < -0.39 is 0 Å². The highest BCUT2D eigenvalue weighted by Crippen LogP contribution is 2.31. The molecule has 0 radical (unpaired) electrons. The van der Waals surface area contributed by atoms with E-state index in [4.69, 9.17) is 15.0 Å². The maximum absolute atomic E-state index is 12.1. The summed E-state index contributed by atoms with van der Waals surface area (Å²) in [5, 5.41) is 9.88. The molecule has 2 aromatic carbocycles. The van der Waals surface area contributed by atoms with Crippen LogP contribution in [0.15, 0.2) is 56.8 Å². The van der Waals surface area contributed by atoms with Crippen LogP contribution in [0.2, 0.25) is 0 Å². The third kappa shape index (κ3) is 3.47. The molecule has 2 heterocycles. The minimum absolute atomic E-state index is 0.370. The molecule has 0 aliphatic heterocycles. The van der Waals surface area contributed by atoms with Crippen LogP contribution in [0.3, 0.4) is 0 Å². The third-order valence-corrected chi connectivity index (χ3v) is 5.88. The van der Waals surface area contributed by atoms with E-state index >= 15 is 0 Å². The molecule has 0 atom stereocenters. The maximum atomic E-state index is 12.1. The van der Waals surface area contributed by atoms with Gasteiger partial charge >= 0.3 is 5.63 Å². The molecule has 7 nitrogen and oxygen atoms in total. The number of thioether (sulfide) groups is 1. The van der Waals surface area contributed by atoms with E-state index in [-0.39, 0.29) is 5.63 Å². The molecule has 0 bridgehead atoms. The number of aryl methyl sites for hydroxylation is 2. The monoisotopic (exact) mass is 408 g/mol. The van der Waals surface area contributed by atoms with Crippen molar-refractivity contribution in [3.05, 3.63) is 69.6 Å². The maximum Gasteiger partial charge on any atom is 0.336 e. The van der Waals surface area contributed by atoms with Crippen molar-refractivity contribution in [3.8, 4) is 17.1 Å². The fraction of sp³-hybridized carbons (Fsp3) is 0.190. The minimum atomic E-state index is -0.370. The average Bonchev–Trinajstić information content (AvgIpc) is 3.09. The van der Waals surface area contributed by atoms with Gasteiger partial charge < -0.3 is 15.0 Å². The smallest absolute Gasteiger partial charge is 0.336 e. The van der Waals surface area contributed by atoms with Crippen molar-refractivity contribution < 1.29 is 9.15 Å². The second-order valence-corrected chi connectivity index (χ2v) is 7.58. The number of nitrogen functional groups attached to an aromatic ring is 1. The Kier molecular flexibility index (Phi) is 5.02. The van der Waals surface area contributed by atoms with Crippen LogP contribution in [0.5, 0.6) is 5.75 Å². The molecule has 8 heteroatoms. The summed E-state index contributed by atoms with van der Waals surface area (Å²) in [6.07, 6.45) is 0. The van der Waals surface area contributed by atoms with Crippen molar-refractivity contribution >= 4 is 22.7 Å². The first-order chi connectivity index (χ1) is 14.0. The number of para-hydroxylation sites is 1. The first-order valence-corrected chi connectivity index (χ1v) is 9.97. The molecule has 0 saturated heterocycles. The number of methoxy groups -OCH3 is 1. The van der Waals surface area contributed by atoms with Crippen molar-refractivity contribution in [1.29, 1.82) is 0 Å². The number of hydrogen-bond donors (Lipinski definition) is 1. The van der Waals surface area contributed by atoms with E-state index in [2.05, 4.69) is 10.2 Å². The summed E-state index contributed by atoms with van der Waals surface area (Å²) < 4.78 is 12.3. The molecule has 0 spiro atoms. The van der Waals surface area contributed by atoms with Crippen LogP contribution in [0.4, 0.5) is 0 Å². The number of fused-ring (bicyclic) bond motifs is 1. The van der Waals surface area contributed by atoms with Crippen LogP contribution < -0.4 is 16.2 Å². The number of nitrogens with two attached hydrogens (primary N) is 1. The molecule has 0 unspecified atom stereocenters. The summed E-state index contributed by atoms with van der Waals surface area (Å²) in [7, 11) is 1.60. The molecule has 4 aromatic rings. The van der Waals surface area contributed by atoms with Gasteiger partial charge in [0, 0.05) is 17.2 Å². The van der Waals surface area contributed by atoms with Gasteiger partial charge in [0.15, 0.2) is 5.82 Å². The predicted molar refractivity (Wildman–Crippen MR) is 114 cm³/mol. The number of nitrogens with zero attached hydrogens (tertiary/aromatic N) is 3. The predicted octanol–water partition coefficient (Wildman–Crippen LogP) is 3.68. The first-order valence-electron chi connectivity index (χ1n) is 8.99. The normalized spacial score (nSPS) is 11.1. The Bertz CT molecular complexity index is 1260. The molecule has 0 saturated carbocycles. The van der Waals surface area contributed by atoms with Gasteiger partial charge in [-0.05, 0) is 42.7 Å². The number of benzene rings is 2. The molecule has 4 rings (SSSR count). The quantitative estimate of drug-likeness (QED) is 0.306. The van der Waals surface area contributed by atoms with Crippen molar-refractivity contribution in [1.82, 2.24) is 14.9 Å². The van der Waals surface area contributed by atoms with Crippen LogP contribution in [0.25, 0.3) is 22.4 Å². The summed E-state index contributed by atoms with van der Waals surface area (Å²) in [5.41, 5.74) is 3.92.